The predicted octanol–water partition coefficient (Wildman–Crippen LogP) is 2.29. The van der Waals surface area contributed by atoms with Crippen LogP contribution in [0.3, 0.4) is 0 Å². The molecule has 0 heterocycles. The highest BCUT2D eigenvalue weighted by Gasteiger charge is 2.52. The zero-order chi connectivity index (χ0) is 12.0. The Morgan fingerprint density at radius 3 is 2.06 bits per heavy atom. The summed E-state index contributed by atoms with van der Waals surface area (Å²) in [5, 5.41) is 0. The summed E-state index contributed by atoms with van der Waals surface area (Å²) in [5.41, 5.74) is 7.52. The molecule has 0 bridgehead atoms. The van der Waals surface area contributed by atoms with Crippen molar-refractivity contribution in [1.29, 1.82) is 0 Å². The first kappa shape index (κ1) is 10.9. The molecule has 3 rings (SSSR count). The second-order valence-electron chi connectivity index (χ2n) is 5.42. The van der Waals surface area contributed by atoms with Gasteiger partial charge in [-0.15, -0.1) is 0 Å². The smallest absolute Gasteiger partial charge is 0.122 e. The van der Waals surface area contributed by atoms with Gasteiger partial charge in [-0.25, -0.2) is 0 Å². The summed E-state index contributed by atoms with van der Waals surface area (Å²) in [6.45, 7) is 0. The van der Waals surface area contributed by atoms with Crippen molar-refractivity contribution in [2.45, 2.75) is 24.8 Å². The van der Waals surface area contributed by atoms with E-state index < -0.39 is 0 Å². The molecule has 17 heavy (non-hydrogen) atoms. The van der Waals surface area contributed by atoms with Crippen LogP contribution in [0.25, 0.3) is 0 Å². The van der Waals surface area contributed by atoms with Gasteiger partial charge in [-0.1, -0.05) is 0 Å². The molecule has 0 saturated heterocycles. The largest absolute Gasteiger partial charge is 0.497 e. The fourth-order valence-corrected chi connectivity index (χ4v) is 3.16. The van der Waals surface area contributed by atoms with E-state index in [1.807, 2.05) is 18.2 Å². The number of hydrogen-bond acceptors (Lipinski definition) is 3. The molecule has 1 aromatic carbocycles. The molecule has 3 nitrogen and oxygen atoms in total. The van der Waals surface area contributed by atoms with Gasteiger partial charge in [0.15, 0.2) is 0 Å². The minimum absolute atomic E-state index is 0.171. The lowest BCUT2D eigenvalue weighted by molar-refractivity contribution is 0.378. The van der Waals surface area contributed by atoms with E-state index in [0.29, 0.717) is 0 Å². The Bertz CT molecular complexity index is 412. The first-order valence-corrected chi connectivity index (χ1v) is 6.17. The molecular formula is C14H19NO2. The van der Waals surface area contributed by atoms with E-state index >= 15 is 0 Å². The summed E-state index contributed by atoms with van der Waals surface area (Å²) in [6.07, 6.45) is 3.59. The van der Waals surface area contributed by atoms with Crippen molar-refractivity contribution >= 4 is 0 Å². The van der Waals surface area contributed by atoms with E-state index in [-0.39, 0.29) is 5.54 Å². The fourth-order valence-electron chi connectivity index (χ4n) is 3.16. The number of hydrogen-bond donors (Lipinski definition) is 1. The Labute approximate surface area is 102 Å². The van der Waals surface area contributed by atoms with Crippen molar-refractivity contribution < 1.29 is 9.47 Å². The van der Waals surface area contributed by atoms with Crippen molar-refractivity contribution in [3.05, 3.63) is 23.8 Å². The van der Waals surface area contributed by atoms with E-state index in [2.05, 4.69) is 0 Å². The highest BCUT2D eigenvalue weighted by Crippen LogP contribution is 2.58. The van der Waals surface area contributed by atoms with E-state index in [0.717, 1.165) is 41.7 Å². The molecule has 2 saturated carbocycles. The number of methoxy groups -OCH3 is 2. The zero-order valence-corrected chi connectivity index (χ0v) is 10.4. The van der Waals surface area contributed by atoms with Crippen LogP contribution in [0.15, 0.2) is 18.2 Å². The van der Waals surface area contributed by atoms with Crippen LogP contribution >= 0.6 is 0 Å². The summed E-state index contributed by atoms with van der Waals surface area (Å²) in [6, 6.07) is 5.99. The third-order valence-corrected chi connectivity index (χ3v) is 4.25. The Hall–Kier alpha value is -1.22. The molecule has 2 aliphatic carbocycles. The van der Waals surface area contributed by atoms with E-state index in [1.165, 1.54) is 6.42 Å². The van der Waals surface area contributed by atoms with Crippen LogP contribution in [-0.4, -0.2) is 14.2 Å². The van der Waals surface area contributed by atoms with Crippen molar-refractivity contribution in [3.63, 3.8) is 0 Å². The predicted molar refractivity (Wildman–Crippen MR) is 66.2 cm³/mol. The second kappa shape index (κ2) is 3.64. The molecule has 2 unspecified atom stereocenters. The van der Waals surface area contributed by atoms with Gasteiger partial charge in [0.2, 0.25) is 0 Å². The standard InChI is InChI=1S/C14H19NO2/c1-16-12-4-11(5-13(6-12)17-2)14(15)7-9-3-10(9)8-14/h4-6,9-10H,3,7-8,15H2,1-2H3. The van der Waals surface area contributed by atoms with Gasteiger partial charge in [0.1, 0.15) is 11.5 Å². The lowest BCUT2D eigenvalue weighted by Crippen LogP contribution is -2.34. The van der Waals surface area contributed by atoms with Gasteiger partial charge in [0.05, 0.1) is 14.2 Å². The molecule has 2 fully saturated rings. The van der Waals surface area contributed by atoms with Gasteiger partial charge in [0, 0.05) is 11.6 Å². The van der Waals surface area contributed by atoms with Crippen molar-refractivity contribution in [2.75, 3.05) is 14.2 Å². The molecular weight excluding hydrogens is 214 g/mol. The minimum atomic E-state index is -0.171. The third kappa shape index (κ3) is 1.78. The van der Waals surface area contributed by atoms with Crippen LogP contribution in [0, 0.1) is 11.8 Å². The number of rotatable bonds is 3. The second-order valence-corrected chi connectivity index (χ2v) is 5.42. The number of benzene rings is 1. The quantitative estimate of drug-likeness (QED) is 0.871. The summed E-state index contributed by atoms with van der Waals surface area (Å²) in [5.74, 6) is 3.36. The van der Waals surface area contributed by atoms with Crippen LogP contribution in [0.4, 0.5) is 0 Å². The van der Waals surface area contributed by atoms with Crippen LogP contribution in [0.1, 0.15) is 24.8 Å². The van der Waals surface area contributed by atoms with Crippen molar-refractivity contribution in [3.8, 4) is 11.5 Å². The number of nitrogens with two attached hydrogens (primary N) is 1. The van der Waals surface area contributed by atoms with Gasteiger partial charge in [0.25, 0.3) is 0 Å². The number of fused-ring (bicyclic) bond motifs is 1. The van der Waals surface area contributed by atoms with Crippen LogP contribution in [0.5, 0.6) is 11.5 Å². The molecule has 2 aliphatic rings. The molecule has 0 aromatic heterocycles. The molecule has 1 aromatic rings. The third-order valence-electron chi connectivity index (χ3n) is 4.25. The highest BCUT2D eigenvalue weighted by atomic mass is 16.5. The van der Waals surface area contributed by atoms with Gasteiger partial charge in [-0.2, -0.15) is 0 Å². The number of ether oxygens (including phenoxy) is 2. The molecule has 0 radical (unpaired) electrons. The Kier molecular flexibility index (Phi) is 2.33. The normalized spacial score (nSPS) is 34.3. The maximum absolute atomic E-state index is 6.54. The average molecular weight is 233 g/mol. The maximum Gasteiger partial charge on any atom is 0.122 e. The molecule has 0 amide bonds. The molecule has 92 valence electrons. The van der Waals surface area contributed by atoms with E-state index in [1.54, 1.807) is 14.2 Å². The molecule has 0 aliphatic heterocycles. The molecule has 2 atom stereocenters. The lowest BCUT2D eigenvalue weighted by atomic mass is 9.86. The highest BCUT2D eigenvalue weighted by molar-refractivity contribution is 5.42. The zero-order valence-electron chi connectivity index (χ0n) is 10.4. The van der Waals surface area contributed by atoms with E-state index in [4.69, 9.17) is 15.2 Å². The first-order valence-electron chi connectivity index (χ1n) is 6.17. The Morgan fingerprint density at radius 2 is 1.59 bits per heavy atom. The van der Waals surface area contributed by atoms with Crippen LogP contribution < -0.4 is 15.2 Å². The molecule has 3 heteroatoms. The van der Waals surface area contributed by atoms with Crippen molar-refractivity contribution in [1.82, 2.24) is 0 Å². The minimum Gasteiger partial charge on any atom is -0.497 e. The van der Waals surface area contributed by atoms with Crippen molar-refractivity contribution in [2.24, 2.45) is 17.6 Å². The Morgan fingerprint density at radius 1 is 1.06 bits per heavy atom. The molecule has 2 N–H and O–H groups in total. The van der Waals surface area contributed by atoms with Gasteiger partial charge in [-0.3, -0.25) is 0 Å². The SMILES string of the molecule is COc1cc(OC)cc(C2(N)CC3CC3C2)c1. The summed E-state index contributed by atoms with van der Waals surface area (Å²) in [4.78, 5) is 0. The first-order chi connectivity index (χ1) is 8.14. The van der Waals surface area contributed by atoms with Gasteiger partial charge in [-0.05, 0) is 48.8 Å². The van der Waals surface area contributed by atoms with Crippen LogP contribution in [-0.2, 0) is 5.54 Å². The van der Waals surface area contributed by atoms with Gasteiger partial charge < -0.3 is 15.2 Å². The fraction of sp³-hybridized carbons (Fsp3) is 0.571. The summed E-state index contributed by atoms with van der Waals surface area (Å²) < 4.78 is 10.6. The van der Waals surface area contributed by atoms with E-state index in [9.17, 15) is 0 Å². The van der Waals surface area contributed by atoms with Gasteiger partial charge >= 0.3 is 0 Å². The average Bonchev–Trinajstić information content (AvgIpc) is 2.97. The molecule has 0 spiro atoms. The lowest BCUT2D eigenvalue weighted by Gasteiger charge is -2.27. The topological polar surface area (TPSA) is 44.5 Å². The van der Waals surface area contributed by atoms with Crippen LogP contribution in [0.2, 0.25) is 0 Å². The maximum atomic E-state index is 6.54. The summed E-state index contributed by atoms with van der Waals surface area (Å²) >= 11 is 0. The monoisotopic (exact) mass is 233 g/mol. The summed E-state index contributed by atoms with van der Waals surface area (Å²) in [7, 11) is 3.35. The Balaban J connectivity index is 1.96.